The number of halogens is 2. The second-order valence-electron chi connectivity index (χ2n) is 5.09. The Labute approximate surface area is 145 Å². The maximum absolute atomic E-state index is 12.0. The first-order valence-corrected chi connectivity index (χ1v) is 8.03. The standard InChI is InChI=1S/C17H16Cl2N2O2/c1-2-3-4-21-17(22)13(9-20)6-11-5-12-7-14(18)8-15(19)16(12)23-10-11/h5-8H,2-4,10H2,1H3,(H,21,22). The lowest BCUT2D eigenvalue weighted by molar-refractivity contribution is -0.117. The molecular formula is C17H16Cl2N2O2. The van der Waals surface area contributed by atoms with Crippen LogP contribution >= 0.6 is 23.2 Å². The number of nitrogens with zero attached hydrogens (tertiary/aromatic N) is 1. The van der Waals surface area contributed by atoms with Crippen LogP contribution in [0, 0.1) is 11.3 Å². The minimum absolute atomic E-state index is 0.0486. The van der Waals surface area contributed by atoms with E-state index in [1.54, 1.807) is 12.1 Å². The third kappa shape index (κ3) is 4.51. The first-order valence-electron chi connectivity index (χ1n) is 7.27. The summed E-state index contributed by atoms with van der Waals surface area (Å²) in [7, 11) is 0. The van der Waals surface area contributed by atoms with Crippen molar-refractivity contribution in [1.29, 1.82) is 5.26 Å². The van der Waals surface area contributed by atoms with Crippen LogP contribution in [-0.4, -0.2) is 19.1 Å². The Balaban J connectivity index is 2.22. The van der Waals surface area contributed by atoms with Crippen LogP contribution in [0.1, 0.15) is 25.3 Å². The van der Waals surface area contributed by atoms with E-state index in [9.17, 15) is 10.1 Å². The number of hydrogen-bond donors (Lipinski definition) is 1. The number of rotatable bonds is 5. The van der Waals surface area contributed by atoms with Gasteiger partial charge in [0.05, 0.1) is 5.02 Å². The lowest BCUT2D eigenvalue weighted by Crippen LogP contribution is -2.25. The van der Waals surface area contributed by atoms with E-state index < -0.39 is 0 Å². The van der Waals surface area contributed by atoms with Gasteiger partial charge in [-0.05, 0) is 36.3 Å². The number of nitriles is 1. The molecule has 23 heavy (non-hydrogen) atoms. The monoisotopic (exact) mass is 350 g/mol. The maximum atomic E-state index is 12.0. The number of ether oxygens (including phenoxy) is 1. The Bertz CT molecular complexity index is 718. The molecule has 6 heteroatoms. The zero-order valence-corrected chi connectivity index (χ0v) is 14.2. The van der Waals surface area contributed by atoms with E-state index in [1.165, 1.54) is 6.08 Å². The zero-order chi connectivity index (χ0) is 16.8. The maximum Gasteiger partial charge on any atom is 0.261 e. The van der Waals surface area contributed by atoms with Gasteiger partial charge in [0.2, 0.25) is 0 Å². The van der Waals surface area contributed by atoms with Gasteiger partial charge < -0.3 is 10.1 Å². The molecule has 0 spiro atoms. The average Bonchev–Trinajstić information content (AvgIpc) is 2.52. The van der Waals surface area contributed by atoms with Crippen LogP contribution in [0.15, 0.2) is 29.4 Å². The molecule has 120 valence electrons. The van der Waals surface area contributed by atoms with E-state index in [0.717, 1.165) is 18.4 Å². The molecule has 1 aliphatic rings. The Morgan fingerprint density at radius 1 is 1.48 bits per heavy atom. The molecule has 1 aliphatic heterocycles. The fourth-order valence-electron chi connectivity index (χ4n) is 2.13. The number of fused-ring (bicyclic) bond motifs is 1. The van der Waals surface area contributed by atoms with Crippen LogP contribution in [-0.2, 0) is 4.79 Å². The van der Waals surface area contributed by atoms with Gasteiger partial charge >= 0.3 is 0 Å². The Hall–Kier alpha value is -1.96. The van der Waals surface area contributed by atoms with E-state index in [-0.39, 0.29) is 18.1 Å². The minimum atomic E-state index is -0.378. The van der Waals surface area contributed by atoms with Gasteiger partial charge in [-0.25, -0.2) is 0 Å². The molecule has 1 amide bonds. The predicted molar refractivity (Wildman–Crippen MR) is 91.5 cm³/mol. The van der Waals surface area contributed by atoms with Crippen molar-refractivity contribution < 1.29 is 9.53 Å². The van der Waals surface area contributed by atoms with Crippen LogP contribution in [0.3, 0.4) is 0 Å². The Morgan fingerprint density at radius 2 is 2.26 bits per heavy atom. The molecule has 0 bridgehead atoms. The molecular weight excluding hydrogens is 335 g/mol. The minimum Gasteiger partial charge on any atom is -0.487 e. The average molecular weight is 351 g/mol. The van der Waals surface area contributed by atoms with Crippen LogP contribution < -0.4 is 10.1 Å². The summed E-state index contributed by atoms with van der Waals surface area (Å²) in [4.78, 5) is 12.0. The molecule has 4 nitrogen and oxygen atoms in total. The predicted octanol–water partition coefficient (Wildman–Crippen LogP) is 4.14. The summed E-state index contributed by atoms with van der Waals surface area (Å²) in [5, 5.41) is 12.8. The van der Waals surface area contributed by atoms with Crippen molar-refractivity contribution in [3.8, 4) is 11.8 Å². The topological polar surface area (TPSA) is 62.1 Å². The molecule has 1 aromatic rings. The molecule has 2 rings (SSSR count). The quantitative estimate of drug-likeness (QED) is 0.493. The van der Waals surface area contributed by atoms with Gasteiger partial charge in [-0.3, -0.25) is 4.79 Å². The van der Waals surface area contributed by atoms with Gasteiger partial charge in [-0.15, -0.1) is 0 Å². The van der Waals surface area contributed by atoms with Gasteiger partial charge in [0.25, 0.3) is 5.91 Å². The second-order valence-corrected chi connectivity index (χ2v) is 5.94. The lowest BCUT2D eigenvalue weighted by Gasteiger charge is -2.18. The largest absolute Gasteiger partial charge is 0.487 e. The summed E-state index contributed by atoms with van der Waals surface area (Å²) in [5.74, 6) is 0.177. The highest BCUT2D eigenvalue weighted by Gasteiger charge is 2.16. The van der Waals surface area contributed by atoms with Crippen molar-refractivity contribution in [3.05, 3.63) is 45.0 Å². The van der Waals surface area contributed by atoms with Gasteiger partial charge in [0.1, 0.15) is 24.0 Å². The summed E-state index contributed by atoms with van der Waals surface area (Å²) in [6.07, 6.45) is 5.19. The summed E-state index contributed by atoms with van der Waals surface area (Å²) < 4.78 is 5.60. The molecule has 0 aliphatic carbocycles. The molecule has 0 saturated carbocycles. The zero-order valence-electron chi connectivity index (χ0n) is 12.7. The lowest BCUT2D eigenvalue weighted by atomic mass is 10.0. The van der Waals surface area contributed by atoms with Gasteiger partial charge in [-0.1, -0.05) is 36.5 Å². The number of benzene rings is 1. The van der Waals surface area contributed by atoms with E-state index in [0.29, 0.717) is 27.9 Å². The number of nitrogens with one attached hydrogen (secondary N) is 1. The van der Waals surface area contributed by atoms with E-state index in [2.05, 4.69) is 5.32 Å². The van der Waals surface area contributed by atoms with Crippen molar-refractivity contribution in [3.63, 3.8) is 0 Å². The summed E-state index contributed by atoms with van der Waals surface area (Å²) in [6, 6.07) is 5.26. The Morgan fingerprint density at radius 3 is 2.96 bits per heavy atom. The van der Waals surface area contributed by atoms with E-state index in [1.807, 2.05) is 19.1 Å². The van der Waals surface area contributed by atoms with Crippen LogP contribution in [0.5, 0.6) is 5.75 Å². The fraction of sp³-hybridized carbons (Fsp3) is 0.294. The number of carbonyl (C=O) groups excluding carboxylic acids is 1. The molecule has 0 unspecified atom stereocenters. The second kappa shape index (κ2) is 8.05. The number of unbranched alkanes of at least 4 members (excludes halogenated alkanes) is 1. The highest BCUT2D eigenvalue weighted by atomic mass is 35.5. The fourth-order valence-corrected chi connectivity index (χ4v) is 2.69. The van der Waals surface area contributed by atoms with Crippen LogP contribution in [0.4, 0.5) is 0 Å². The molecule has 1 N–H and O–H groups in total. The van der Waals surface area contributed by atoms with Gasteiger partial charge in [0.15, 0.2) is 0 Å². The van der Waals surface area contributed by atoms with Gasteiger partial charge in [-0.2, -0.15) is 5.26 Å². The third-order valence-electron chi connectivity index (χ3n) is 3.27. The highest BCUT2D eigenvalue weighted by molar-refractivity contribution is 6.36. The summed E-state index contributed by atoms with van der Waals surface area (Å²) >= 11 is 12.1. The number of hydrogen-bond acceptors (Lipinski definition) is 3. The molecule has 1 aromatic carbocycles. The SMILES string of the molecule is CCCCNC(=O)C(C#N)=CC1=Cc2cc(Cl)cc(Cl)c2OC1. The summed E-state index contributed by atoms with van der Waals surface area (Å²) in [5.41, 5.74) is 1.48. The van der Waals surface area contributed by atoms with E-state index in [4.69, 9.17) is 27.9 Å². The first kappa shape index (κ1) is 17.4. The smallest absolute Gasteiger partial charge is 0.261 e. The highest BCUT2D eigenvalue weighted by Crippen LogP contribution is 2.36. The molecule has 0 saturated heterocycles. The third-order valence-corrected chi connectivity index (χ3v) is 3.77. The molecule has 0 aromatic heterocycles. The van der Waals surface area contributed by atoms with Crippen molar-refractivity contribution in [2.24, 2.45) is 0 Å². The van der Waals surface area contributed by atoms with Crippen LogP contribution in [0.2, 0.25) is 10.0 Å². The van der Waals surface area contributed by atoms with Crippen molar-refractivity contribution in [2.75, 3.05) is 13.2 Å². The summed E-state index contributed by atoms with van der Waals surface area (Å²) in [6.45, 7) is 2.82. The van der Waals surface area contributed by atoms with Gasteiger partial charge in [0, 0.05) is 17.1 Å². The van der Waals surface area contributed by atoms with Crippen LogP contribution in [0.25, 0.3) is 6.08 Å². The number of carbonyl (C=O) groups is 1. The van der Waals surface area contributed by atoms with Crippen molar-refractivity contribution in [1.82, 2.24) is 5.32 Å². The Kier molecular flexibility index (Phi) is 6.09. The van der Waals surface area contributed by atoms with Crippen molar-refractivity contribution in [2.45, 2.75) is 19.8 Å². The molecule has 0 radical (unpaired) electrons. The molecule has 0 fully saturated rings. The number of amides is 1. The van der Waals surface area contributed by atoms with E-state index >= 15 is 0 Å². The normalized spacial score (nSPS) is 13.5. The molecule has 1 heterocycles. The molecule has 0 atom stereocenters. The first-order chi connectivity index (χ1) is 11.0. The van der Waals surface area contributed by atoms with Crippen molar-refractivity contribution >= 4 is 35.2 Å².